The van der Waals surface area contributed by atoms with Gasteiger partial charge in [-0.2, -0.15) is 0 Å². The Labute approximate surface area is 86.9 Å². The van der Waals surface area contributed by atoms with E-state index in [1.54, 1.807) is 13.8 Å². The van der Waals surface area contributed by atoms with Crippen molar-refractivity contribution in [3.8, 4) is 0 Å². The van der Waals surface area contributed by atoms with Crippen molar-refractivity contribution in [3.05, 3.63) is 0 Å². The van der Waals surface area contributed by atoms with Crippen LogP contribution in [0.4, 0.5) is 0 Å². The Morgan fingerprint density at radius 2 is 1.64 bits per heavy atom. The molecule has 0 rings (SSSR count). The molecule has 0 heterocycles. The Kier molecular flexibility index (Phi) is 31.1. The largest absolute Gasteiger partial charge is 0.466 e. The Morgan fingerprint density at radius 1 is 1.21 bits per heavy atom. The lowest BCUT2D eigenvalue weighted by atomic mass is 10.4. The average Bonchev–Trinajstić information content (AvgIpc) is 2.07. The maximum Gasteiger partial charge on any atom is 0.302 e. The van der Waals surface area contributed by atoms with Gasteiger partial charge in [-0.1, -0.05) is 13.3 Å². The third kappa shape index (κ3) is 63.8. The lowest BCUT2D eigenvalue weighted by Crippen LogP contribution is -1.95. The van der Waals surface area contributed by atoms with Crippen molar-refractivity contribution < 1.29 is 19.7 Å². The predicted octanol–water partition coefficient (Wildman–Crippen LogP) is 1.35. The highest BCUT2D eigenvalue weighted by Crippen LogP contribution is 1.78. The van der Waals surface area contributed by atoms with E-state index < -0.39 is 0 Å². The van der Waals surface area contributed by atoms with Crippen molar-refractivity contribution in [2.45, 2.75) is 40.5 Å². The zero-order valence-electron chi connectivity index (χ0n) is 9.75. The smallest absolute Gasteiger partial charge is 0.302 e. The summed E-state index contributed by atoms with van der Waals surface area (Å²) >= 11 is 0. The van der Waals surface area contributed by atoms with Gasteiger partial charge < -0.3 is 14.9 Å². The number of carbonyl (C=O) groups excluding carboxylic acids is 1. The molecule has 0 aromatic rings. The van der Waals surface area contributed by atoms with Gasteiger partial charge in [0.2, 0.25) is 0 Å². The molecule has 0 aliphatic heterocycles. The van der Waals surface area contributed by atoms with Crippen LogP contribution in [0, 0.1) is 0 Å². The molecule has 88 valence electrons. The first-order chi connectivity index (χ1) is 6.60. The highest BCUT2D eigenvalue weighted by molar-refractivity contribution is 5.65. The number of aliphatic hydroxyl groups excluding tert-OH is 2. The molecule has 0 saturated carbocycles. The van der Waals surface area contributed by atoms with Crippen LogP contribution in [0.15, 0.2) is 0 Å². The first-order valence-corrected chi connectivity index (χ1v) is 4.95. The van der Waals surface area contributed by atoms with Gasteiger partial charge in [-0.25, -0.2) is 0 Å². The first kappa shape index (κ1) is 19.0. The molecule has 0 spiro atoms. The number of hydrogen-bond acceptors (Lipinski definition) is 4. The number of esters is 1. The molecule has 0 amide bonds. The summed E-state index contributed by atoms with van der Waals surface area (Å²) in [6, 6.07) is 0. The third-order valence-corrected chi connectivity index (χ3v) is 0.859. The zero-order chi connectivity index (χ0) is 11.8. The second-order valence-corrected chi connectivity index (χ2v) is 2.32. The third-order valence-electron chi connectivity index (χ3n) is 0.859. The van der Waals surface area contributed by atoms with E-state index >= 15 is 0 Å². The monoisotopic (exact) mass is 208 g/mol. The Balaban J connectivity index is -0.000000138. The standard InChI is InChI=1S/C4H8O2.C4H10O.C2H6O/c1-3-6-4(2)5;1-2-3-4-5;1-2-3/h3H2,1-2H3;5H,2-4H2,1H3;3H,2H2,1H3. The molecule has 0 unspecified atom stereocenters. The Morgan fingerprint density at radius 3 is 1.64 bits per heavy atom. The van der Waals surface area contributed by atoms with Gasteiger partial charge in [0.1, 0.15) is 0 Å². The van der Waals surface area contributed by atoms with E-state index in [1.807, 2.05) is 0 Å². The van der Waals surface area contributed by atoms with Crippen LogP contribution in [0.1, 0.15) is 40.5 Å². The molecule has 2 N–H and O–H groups in total. The van der Waals surface area contributed by atoms with E-state index in [2.05, 4.69) is 11.7 Å². The maximum atomic E-state index is 9.82. The molecule has 14 heavy (non-hydrogen) atoms. The molecule has 4 nitrogen and oxygen atoms in total. The topological polar surface area (TPSA) is 66.8 Å². The van der Waals surface area contributed by atoms with E-state index in [4.69, 9.17) is 10.2 Å². The van der Waals surface area contributed by atoms with Crippen LogP contribution < -0.4 is 0 Å². The number of aliphatic hydroxyl groups is 2. The summed E-state index contributed by atoms with van der Waals surface area (Å²) in [5.41, 5.74) is 0. The summed E-state index contributed by atoms with van der Waals surface area (Å²) in [6.45, 7) is 7.98. The highest BCUT2D eigenvalue weighted by Gasteiger charge is 1.81. The quantitative estimate of drug-likeness (QED) is 0.687. The van der Waals surface area contributed by atoms with Crippen LogP contribution in [-0.2, 0) is 9.53 Å². The lowest BCUT2D eigenvalue weighted by molar-refractivity contribution is -0.140. The summed E-state index contributed by atoms with van der Waals surface area (Å²) in [5.74, 6) is -0.211. The van der Waals surface area contributed by atoms with E-state index in [0.717, 1.165) is 12.8 Å². The van der Waals surface area contributed by atoms with Crippen molar-refractivity contribution in [3.63, 3.8) is 0 Å². The van der Waals surface area contributed by atoms with Gasteiger partial charge in [-0.15, -0.1) is 0 Å². The van der Waals surface area contributed by atoms with Crippen LogP contribution in [0.5, 0.6) is 0 Å². The minimum atomic E-state index is -0.211. The SMILES string of the molecule is CCCCO.CCO.CCOC(C)=O. The van der Waals surface area contributed by atoms with Crippen LogP contribution in [0.25, 0.3) is 0 Å². The molecule has 0 bridgehead atoms. The number of ether oxygens (including phenoxy) is 1. The molecule has 4 heteroatoms. The average molecular weight is 208 g/mol. The fourth-order valence-corrected chi connectivity index (χ4v) is 0.361. The van der Waals surface area contributed by atoms with E-state index in [0.29, 0.717) is 13.2 Å². The molecule has 0 radical (unpaired) electrons. The van der Waals surface area contributed by atoms with Crippen molar-refractivity contribution in [1.82, 2.24) is 0 Å². The number of hydrogen-bond donors (Lipinski definition) is 2. The fourth-order valence-electron chi connectivity index (χ4n) is 0.361. The molecule has 0 aromatic heterocycles. The fraction of sp³-hybridized carbons (Fsp3) is 0.900. The molecule has 0 aromatic carbocycles. The second kappa shape index (κ2) is 22.8. The number of rotatable bonds is 3. The number of carbonyl (C=O) groups is 1. The van der Waals surface area contributed by atoms with E-state index in [-0.39, 0.29) is 12.6 Å². The maximum absolute atomic E-state index is 9.82. The highest BCUT2D eigenvalue weighted by atomic mass is 16.5. The van der Waals surface area contributed by atoms with Gasteiger partial charge in [-0.3, -0.25) is 4.79 Å². The Hall–Kier alpha value is -0.610. The first-order valence-electron chi connectivity index (χ1n) is 4.95. The van der Waals surface area contributed by atoms with Crippen molar-refractivity contribution in [2.75, 3.05) is 19.8 Å². The van der Waals surface area contributed by atoms with Crippen LogP contribution in [0.2, 0.25) is 0 Å². The summed E-state index contributed by atoms with van der Waals surface area (Å²) in [7, 11) is 0. The number of unbranched alkanes of at least 4 members (excludes halogenated alkanes) is 1. The molecule has 0 atom stereocenters. The minimum Gasteiger partial charge on any atom is -0.466 e. The normalized spacial score (nSPS) is 7.57. The Bertz CT molecular complexity index is 92.1. The van der Waals surface area contributed by atoms with Crippen LogP contribution >= 0.6 is 0 Å². The summed E-state index contributed by atoms with van der Waals surface area (Å²) in [5, 5.41) is 15.6. The molecule has 0 fully saturated rings. The van der Waals surface area contributed by atoms with Crippen LogP contribution in [-0.4, -0.2) is 36.0 Å². The zero-order valence-corrected chi connectivity index (χ0v) is 9.75. The molecule has 0 aliphatic carbocycles. The van der Waals surface area contributed by atoms with Crippen LogP contribution in [0.3, 0.4) is 0 Å². The van der Waals surface area contributed by atoms with E-state index in [9.17, 15) is 4.79 Å². The van der Waals surface area contributed by atoms with Gasteiger partial charge in [-0.05, 0) is 20.3 Å². The molecular weight excluding hydrogens is 184 g/mol. The summed E-state index contributed by atoms with van der Waals surface area (Å²) < 4.78 is 4.40. The van der Waals surface area contributed by atoms with Gasteiger partial charge in [0.25, 0.3) is 0 Å². The minimum absolute atomic E-state index is 0.211. The van der Waals surface area contributed by atoms with Gasteiger partial charge in [0.15, 0.2) is 0 Å². The van der Waals surface area contributed by atoms with Crippen molar-refractivity contribution in [1.29, 1.82) is 0 Å². The summed E-state index contributed by atoms with van der Waals surface area (Å²) in [4.78, 5) is 9.82. The van der Waals surface area contributed by atoms with Gasteiger partial charge >= 0.3 is 5.97 Å². The van der Waals surface area contributed by atoms with Gasteiger partial charge in [0.05, 0.1) is 6.61 Å². The molecule has 0 saturated heterocycles. The lowest BCUT2D eigenvalue weighted by Gasteiger charge is -1.89. The van der Waals surface area contributed by atoms with Gasteiger partial charge in [0, 0.05) is 20.1 Å². The van der Waals surface area contributed by atoms with Crippen molar-refractivity contribution >= 4 is 5.97 Å². The van der Waals surface area contributed by atoms with E-state index in [1.165, 1.54) is 6.92 Å². The summed E-state index contributed by atoms with van der Waals surface area (Å²) in [6.07, 6.45) is 2.04. The predicted molar refractivity (Wildman–Crippen MR) is 57.1 cm³/mol. The molecular formula is C10H24O4. The second-order valence-electron chi connectivity index (χ2n) is 2.32. The molecule has 0 aliphatic rings. The van der Waals surface area contributed by atoms with Crippen molar-refractivity contribution in [2.24, 2.45) is 0 Å².